The number of aromatic hydroxyl groups is 2. The number of phenolic OH excluding ortho intramolecular Hbond substituents is 2. The van der Waals surface area contributed by atoms with E-state index in [4.69, 9.17) is 4.42 Å². The molecule has 3 nitrogen and oxygen atoms in total. The molecule has 0 bridgehead atoms. The summed E-state index contributed by atoms with van der Waals surface area (Å²) in [7, 11) is 1.97. The molecule has 3 aromatic rings. The molecule has 0 saturated heterocycles. The molecule has 1 aromatic heterocycles. The molecular formula is C15H12BFO3. The van der Waals surface area contributed by atoms with Gasteiger partial charge in [-0.3, -0.25) is 0 Å². The highest BCUT2D eigenvalue weighted by molar-refractivity contribution is 6.09. The van der Waals surface area contributed by atoms with Gasteiger partial charge in [-0.1, -0.05) is 6.32 Å². The van der Waals surface area contributed by atoms with E-state index in [0.717, 1.165) is 17.3 Å². The quantitative estimate of drug-likeness (QED) is 0.704. The van der Waals surface area contributed by atoms with E-state index < -0.39 is 11.6 Å². The van der Waals surface area contributed by atoms with Crippen molar-refractivity contribution in [2.45, 2.75) is 6.32 Å². The van der Waals surface area contributed by atoms with Gasteiger partial charge in [0.1, 0.15) is 24.9 Å². The Morgan fingerprint density at radius 2 is 1.90 bits per heavy atom. The maximum Gasteiger partial charge on any atom is 0.165 e. The van der Waals surface area contributed by atoms with Gasteiger partial charge in [-0.15, -0.1) is 0 Å². The summed E-state index contributed by atoms with van der Waals surface area (Å²) in [4.78, 5) is 0. The van der Waals surface area contributed by atoms with Crippen LogP contribution in [-0.4, -0.2) is 18.1 Å². The van der Waals surface area contributed by atoms with Crippen molar-refractivity contribution in [1.82, 2.24) is 0 Å². The number of fused-ring (bicyclic) bond motifs is 1. The molecule has 0 aliphatic rings. The lowest BCUT2D eigenvalue weighted by Gasteiger charge is -2.00. The van der Waals surface area contributed by atoms with Crippen LogP contribution in [0.3, 0.4) is 0 Å². The second-order valence-electron chi connectivity index (χ2n) is 4.65. The minimum absolute atomic E-state index is 0.179. The summed E-state index contributed by atoms with van der Waals surface area (Å²) in [5.74, 6) is -0.406. The third-order valence-electron chi connectivity index (χ3n) is 3.29. The Morgan fingerprint density at radius 1 is 1.10 bits per heavy atom. The van der Waals surface area contributed by atoms with Crippen LogP contribution in [0.25, 0.3) is 22.3 Å². The molecule has 0 radical (unpaired) electrons. The first-order chi connectivity index (χ1) is 9.58. The average molecular weight is 270 g/mol. The molecule has 5 heteroatoms. The fourth-order valence-corrected chi connectivity index (χ4v) is 2.27. The van der Waals surface area contributed by atoms with E-state index in [9.17, 15) is 14.6 Å². The van der Waals surface area contributed by atoms with Crippen molar-refractivity contribution in [1.29, 1.82) is 0 Å². The summed E-state index contributed by atoms with van der Waals surface area (Å²) >= 11 is 0. The molecule has 20 heavy (non-hydrogen) atoms. The molecular weight excluding hydrogens is 258 g/mol. The Bertz CT molecular complexity index is 795. The van der Waals surface area contributed by atoms with Crippen molar-refractivity contribution in [3.8, 4) is 22.8 Å². The van der Waals surface area contributed by atoms with Crippen molar-refractivity contribution < 1.29 is 19.0 Å². The van der Waals surface area contributed by atoms with Crippen LogP contribution in [-0.2, 0) is 6.32 Å². The Kier molecular flexibility index (Phi) is 2.90. The highest BCUT2D eigenvalue weighted by atomic mass is 19.1. The predicted molar refractivity (Wildman–Crippen MR) is 77.2 cm³/mol. The lowest BCUT2D eigenvalue weighted by Crippen LogP contribution is -1.83. The van der Waals surface area contributed by atoms with Crippen molar-refractivity contribution >= 4 is 18.8 Å². The van der Waals surface area contributed by atoms with Crippen LogP contribution in [0.5, 0.6) is 11.5 Å². The highest BCUT2D eigenvalue weighted by Crippen LogP contribution is 2.33. The summed E-state index contributed by atoms with van der Waals surface area (Å²) in [6.07, 6.45) is 0.724. The molecule has 0 spiro atoms. The highest BCUT2D eigenvalue weighted by Gasteiger charge is 2.12. The minimum Gasteiger partial charge on any atom is -0.508 e. The number of benzene rings is 2. The molecule has 100 valence electrons. The summed E-state index contributed by atoms with van der Waals surface area (Å²) in [6.45, 7) is 0. The van der Waals surface area contributed by atoms with Gasteiger partial charge in [0.25, 0.3) is 0 Å². The van der Waals surface area contributed by atoms with Crippen molar-refractivity contribution in [3.05, 3.63) is 47.8 Å². The zero-order valence-electron chi connectivity index (χ0n) is 10.9. The van der Waals surface area contributed by atoms with Gasteiger partial charge in [-0.2, -0.15) is 0 Å². The van der Waals surface area contributed by atoms with Crippen LogP contribution >= 0.6 is 0 Å². The van der Waals surface area contributed by atoms with E-state index in [2.05, 4.69) is 0 Å². The number of hydrogen-bond acceptors (Lipinski definition) is 3. The molecule has 2 N–H and O–H groups in total. The van der Waals surface area contributed by atoms with Crippen LogP contribution in [0.15, 0.2) is 40.8 Å². The van der Waals surface area contributed by atoms with Crippen molar-refractivity contribution in [2.75, 3.05) is 0 Å². The topological polar surface area (TPSA) is 53.6 Å². The van der Waals surface area contributed by atoms with Crippen LogP contribution in [0, 0.1) is 5.82 Å². The first-order valence-corrected chi connectivity index (χ1v) is 6.33. The maximum absolute atomic E-state index is 13.4. The zero-order chi connectivity index (χ0) is 14.3. The molecule has 0 atom stereocenters. The Morgan fingerprint density at radius 3 is 2.60 bits per heavy atom. The number of phenols is 2. The van der Waals surface area contributed by atoms with Crippen LogP contribution < -0.4 is 0 Å². The van der Waals surface area contributed by atoms with E-state index in [1.807, 2.05) is 7.85 Å². The van der Waals surface area contributed by atoms with E-state index in [0.29, 0.717) is 16.9 Å². The van der Waals surface area contributed by atoms with Gasteiger partial charge in [-0.05, 0) is 42.0 Å². The maximum atomic E-state index is 13.4. The Hall–Kier alpha value is -2.43. The monoisotopic (exact) mass is 270 g/mol. The summed E-state index contributed by atoms with van der Waals surface area (Å²) in [5.41, 5.74) is 2.12. The number of rotatable bonds is 2. The second-order valence-corrected chi connectivity index (χ2v) is 4.65. The number of hydrogen-bond donors (Lipinski definition) is 2. The van der Waals surface area contributed by atoms with E-state index in [1.165, 1.54) is 12.1 Å². The summed E-state index contributed by atoms with van der Waals surface area (Å²) in [5, 5.41) is 19.6. The van der Waals surface area contributed by atoms with Gasteiger partial charge >= 0.3 is 0 Å². The Balaban J connectivity index is 2.19. The molecule has 0 aliphatic carbocycles. The van der Waals surface area contributed by atoms with Gasteiger partial charge in [0, 0.05) is 10.9 Å². The van der Waals surface area contributed by atoms with Crippen LogP contribution in [0.2, 0.25) is 0 Å². The van der Waals surface area contributed by atoms with E-state index in [-0.39, 0.29) is 5.75 Å². The minimum atomic E-state index is -0.693. The van der Waals surface area contributed by atoms with Gasteiger partial charge < -0.3 is 14.6 Å². The smallest absolute Gasteiger partial charge is 0.165 e. The molecule has 0 unspecified atom stereocenters. The predicted octanol–water partition coefficient (Wildman–Crippen LogP) is 2.78. The second kappa shape index (κ2) is 4.60. The zero-order valence-corrected chi connectivity index (χ0v) is 10.9. The standard InChI is InChI=1S/C15H12BFO3/c16-7-10-4-11(18)3-9-6-14(20-15(9)10)8-1-2-13(19)12(17)5-8/h1-6,18-19H,7,16H2. The molecule has 2 aromatic carbocycles. The van der Waals surface area contributed by atoms with Crippen LogP contribution in [0.4, 0.5) is 4.39 Å². The number of furan rings is 1. The first-order valence-electron chi connectivity index (χ1n) is 6.33. The fraction of sp³-hybridized carbons (Fsp3) is 0.0667. The van der Waals surface area contributed by atoms with Crippen molar-refractivity contribution in [3.63, 3.8) is 0 Å². The summed E-state index contributed by atoms with van der Waals surface area (Å²) in [6, 6.07) is 9.11. The molecule has 0 fully saturated rings. The SMILES string of the molecule is BCc1cc(O)cc2cc(-c3ccc(O)c(F)c3)oc12. The average Bonchev–Trinajstić information content (AvgIpc) is 2.84. The molecule has 0 amide bonds. The molecule has 1 heterocycles. The van der Waals surface area contributed by atoms with Gasteiger partial charge in [0.2, 0.25) is 0 Å². The fourth-order valence-electron chi connectivity index (χ4n) is 2.27. The Labute approximate surface area is 115 Å². The third kappa shape index (κ3) is 2.01. The lowest BCUT2D eigenvalue weighted by molar-refractivity contribution is 0.432. The van der Waals surface area contributed by atoms with Crippen molar-refractivity contribution in [2.24, 2.45) is 0 Å². The lowest BCUT2D eigenvalue weighted by atomic mass is 9.95. The number of halogens is 1. The molecule has 0 saturated carbocycles. The molecule has 3 rings (SSSR count). The van der Waals surface area contributed by atoms with E-state index >= 15 is 0 Å². The van der Waals surface area contributed by atoms with E-state index in [1.54, 1.807) is 24.3 Å². The van der Waals surface area contributed by atoms with Gasteiger partial charge in [0.15, 0.2) is 11.6 Å². The summed E-state index contributed by atoms with van der Waals surface area (Å²) < 4.78 is 19.2. The largest absolute Gasteiger partial charge is 0.508 e. The third-order valence-corrected chi connectivity index (χ3v) is 3.29. The first kappa shape index (κ1) is 12.6. The normalized spacial score (nSPS) is 11.1. The van der Waals surface area contributed by atoms with Gasteiger partial charge in [-0.25, -0.2) is 4.39 Å². The van der Waals surface area contributed by atoms with Crippen LogP contribution in [0.1, 0.15) is 5.56 Å². The molecule has 0 aliphatic heterocycles. The van der Waals surface area contributed by atoms with Gasteiger partial charge in [0.05, 0.1) is 0 Å².